The Hall–Kier alpha value is -3.20. The number of esters is 1. The zero-order valence-corrected chi connectivity index (χ0v) is 16.6. The van der Waals surface area contributed by atoms with E-state index in [1.54, 1.807) is 42.6 Å². The van der Waals surface area contributed by atoms with Crippen molar-refractivity contribution in [3.63, 3.8) is 0 Å². The molecule has 156 valence electrons. The minimum absolute atomic E-state index is 0.0538. The van der Waals surface area contributed by atoms with Gasteiger partial charge in [0.05, 0.1) is 22.7 Å². The fourth-order valence-corrected chi connectivity index (χ4v) is 3.30. The lowest BCUT2D eigenvalue weighted by Crippen LogP contribution is -2.26. The second-order valence-corrected chi connectivity index (χ2v) is 7.45. The van der Waals surface area contributed by atoms with Crippen LogP contribution in [-0.2, 0) is 26.9 Å². The van der Waals surface area contributed by atoms with Crippen molar-refractivity contribution in [1.82, 2.24) is 4.98 Å². The van der Waals surface area contributed by atoms with Crippen LogP contribution in [0.15, 0.2) is 60.0 Å². The molecule has 30 heavy (non-hydrogen) atoms. The molecule has 5 nitrogen and oxygen atoms in total. The van der Waals surface area contributed by atoms with Gasteiger partial charge >= 0.3 is 12.1 Å². The van der Waals surface area contributed by atoms with Crippen LogP contribution in [0.2, 0.25) is 0 Å². The predicted octanol–water partition coefficient (Wildman–Crippen LogP) is 4.94. The Kier molecular flexibility index (Phi) is 6.51. The third-order valence-electron chi connectivity index (χ3n) is 4.04. The van der Waals surface area contributed by atoms with Gasteiger partial charge in [-0.25, -0.2) is 4.98 Å². The van der Waals surface area contributed by atoms with Crippen LogP contribution in [-0.4, -0.2) is 16.9 Å². The van der Waals surface area contributed by atoms with Gasteiger partial charge < -0.3 is 10.1 Å². The van der Waals surface area contributed by atoms with Gasteiger partial charge in [-0.15, -0.1) is 11.3 Å². The molecule has 0 aliphatic carbocycles. The van der Waals surface area contributed by atoms with Crippen molar-refractivity contribution < 1.29 is 27.5 Å². The van der Waals surface area contributed by atoms with Gasteiger partial charge in [0.2, 0.25) is 6.10 Å². The number of carbonyl (C=O) groups excluding carboxylic acids is 2. The summed E-state index contributed by atoms with van der Waals surface area (Å²) in [6.45, 7) is 1.80. The molecule has 3 aromatic rings. The van der Waals surface area contributed by atoms with E-state index in [4.69, 9.17) is 4.74 Å². The summed E-state index contributed by atoms with van der Waals surface area (Å²) in [6, 6.07) is 12.5. The molecule has 9 heteroatoms. The Morgan fingerprint density at radius 2 is 1.87 bits per heavy atom. The van der Waals surface area contributed by atoms with Crippen LogP contribution in [0.1, 0.15) is 27.9 Å². The number of hydrogen-bond acceptors (Lipinski definition) is 5. The largest absolute Gasteiger partial charge is 0.447 e. The summed E-state index contributed by atoms with van der Waals surface area (Å²) in [5.74, 6) is -1.43. The predicted molar refractivity (Wildman–Crippen MR) is 106 cm³/mol. The zero-order chi connectivity index (χ0) is 21.7. The number of hydrogen-bond donors (Lipinski definition) is 1. The Morgan fingerprint density at radius 3 is 2.50 bits per heavy atom. The number of halogens is 3. The van der Waals surface area contributed by atoms with Crippen molar-refractivity contribution in [2.24, 2.45) is 0 Å². The normalized spacial score (nSPS) is 12.3. The minimum Gasteiger partial charge on any atom is -0.447 e. The van der Waals surface area contributed by atoms with Gasteiger partial charge in [-0.2, -0.15) is 13.2 Å². The number of amides is 1. The Bertz CT molecular complexity index is 1040. The van der Waals surface area contributed by atoms with E-state index in [2.05, 4.69) is 10.3 Å². The molecule has 0 spiro atoms. The second-order valence-electron chi connectivity index (χ2n) is 6.38. The first-order chi connectivity index (χ1) is 14.2. The summed E-state index contributed by atoms with van der Waals surface area (Å²) in [5.41, 5.74) is -0.0354. The van der Waals surface area contributed by atoms with E-state index < -0.39 is 29.7 Å². The maximum absolute atomic E-state index is 12.9. The Morgan fingerprint density at radius 1 is 1.13 bits per heavy atom. The highest BCUT2D eigenvalue weighted by molar-refractivity contribution is 7.09. The lowest BCUT2D eigenvalue weighted by molar-refractivity contribution is -0.154. The molecule has 1 atom stereocenters. The van der Waals surface area contributed by atoms with Crippen LogP contribution in [0.5, 0.6) is 0 Å². The number of nitrogens with zero attached hydrogens (tertiary/aromatic N) is 1. The molecule has 0 aliphatic heterocycles. The maximum Gasteiger partial charge on any atom is 0.416 e. The number of benzene rings is 2. The van der Waals surface area contributed by atoms with E-state index in [0.29, 0.717) is 11.3 Å². The Labute approximate surface area is 174 Å². The second kappa shape index (κ2) is 9.08. The molecule has 0 bridgehead atoms. The summed E-state index contributed by atoms with van der Waals surface area (Å²) >= 11 is 1.38. The summed E-state index contributed by atoms with van der Waals surface area (Å²) in [7, 11) is 0. The topological polar surface area (TPSA) is 68.3 Å². The SMILES string of the molecule is Cc1nc(CC(=O)OC(C(=O)Nc2cccc(C(F)(F)F)c2)c2ccccc2)cs1. The van der Waals surface area contributed by atoms with Crippen LogP contribution < -0.4 is 5.32 Å². The monoisotopic (exact) mass is 434 g/mol. The molecule has 2 aromatic carbocycles. The average Bonchev–Trinajstić information content (AvgIpc) is 3.10. The number of anilines is 1. The highest BCUT2D eigenvalue weighted by Gasteiger charge is 2.31. The number of alkyl halides is 3. The van der Waals surface area contributed by atoms with Crippen LogP contribution >= 0.6 is 11.3 Å². The first-order valence-corrected chi connectivity index (χ1v) is 9.74. The lowest BCUT2D eigenvalue weighted by Gasteiger charge is -2.18. The minimum atomic E-state index is -4.54. The van der Waals surface area contributed by atoms with Crippen molar-refractivity contribution in [3.05, 3.63) is 81.8 Å². The van der Waals surface area contributed by atoms with E-state index in [1.165, 1.54) is 23.5 Å². The number of ether oxygens (including phenoxy) is 1. The number of thiazole rings is 1. The van der Waals surface area contributed by atoms with E-state index in [1.807, 2.05) is 0 Å². The molecule has 0 saturated heterocycles. The zero-order valence-electron chi connectivity index (χ0n) is 15.8. The van der Waals surface area contributed by atoms with Gasteiger partial charge in [0.1, 0.15) is 0 Å². The molecule has 0 fully saturated rings. The third-order valence-corrected chi connectivity index (χ3v) is 4.86. The highest BCUT2D eigenvalue weighted by atomic mass is 32.1. The third kappa shape index (κ3) is 5.66. The fraction of sp³-hybridized carbons (Fsp3) is 0.190. The number of aromatic nitrogens is 1. The molecule has 1 heterocycles. The number of rotatable bonds is 6. The maximum atomic E-state index is 12.9. The van der Waals surface area contributed by atoms with Crippen molar-refractivity contribution >= 4 is 28.9 Å². The van der Waals surface area contributed by atoms with Crippen molar-refractivity contribution in [1.29, 1.82) is 0 Å². The molecule has 1 amide bonds. The van der Waals surface area contributed by atoms with Crippen LogP contribution in [0.3, 0.4) is 0 Å². The molecule has 1 N–H and O–H groups in total. The van der Waals surface area contributed by atoms with Gasteiger partial charge in [-0.3, -0.25) is 9.59 Å². The Balaban J connectivity index is 1.78. The van der Waals surface area contributed by atoms with Gasteiger partial charge in [-0.05, 0) is 25.1 Å². The molecular formula is C21H17F3N2O3S. The fourth-order valence-electron chi connectivity index (χ4n) is 2.69. The molecule has 1 unspecified atom stereocenters. The van der Waals surface area contributed by atoms with Crippen molar-refractivity contribution in [2.75, 3.05) is 5.32 Å². The smallest absolute Gasteiger partial charge is 0.416 e. The molecule has 0 saturated carbocycles. The van der Waals surface area contributed by atoms with Gasteiger partial charge in [0.15, 0.2) is 0 Å². The molecule has 1 aromatic heterocycles. The van der Waals surface area contributed by atoms with Crippen LogP contribution in [0, 0.1) is 6.92 Å². The summed E-state index contributed by atoms with van der Waals surface area (Å²) < 4.78 is 44.1. The molecule has 0 radical (unpaired) electrons. The number of carbonyl (C=O) groups is 2. The van der Waals surface area contributed by atoms with Gasteiger partial charge in [0.25, 0.3) is 5.91 Å². The quantitative estimate of drug-likeness (QED) is 0.559. The van der Waals surface area contributed by atoms with E-state index in [0.717, 1.165) is 17.1 Å². The van der Waals surface area contributed by atoms with Gasteiger partial charge in [-0.1, -0.05) is 36.4 Å². The summed E-state index contributed by atoms with van der Waals surface area (Å²) in [5, 5.41) is 4.91. The lowest BCUT2D eigenvalue weighted by atomic mass is 10.1. The molecular weight excluding hydrogens is 417 g/mol. The average molecular weight is 434 g/mol. The first kappa shape index (κ1) is 21.5. The molecule has 0 aliphatic rings. The van der Waals surface area contributed by atoms with E-state index in [9.17, 15) is 22.8 Å². The first-order valence-electron chi connectivity index (χ1n) is 8.86. The number of aryl methyl sites for hydroxylation is 1. The highest BCUT2D eigenvalue weighted by Crippen LogP contribution is 2.31. The van der Waals surface area contributed by atoms with Crippen LogP contribution in [0.25, 0.3) is 0 Å². The van der Waals surface area contributed by atoms with Crippen molar-refractivity contribution in [2.45, 2.75) is 25.6 Å². The van der Waals surface area contributed by atoms with E-state index in [-0.39, 0.29) is 12.1 Å². The van der Waals surface area contributed by atoms with E-state index >= 15 is 0 Å². The summed E-state index contributed by atoms with van der Waals surface area (Å²) in [6.07, 6.45) is -5.99. The van der Waals surface area contributed by atoms with Crippen LogP contribution in [0.4, 0.5) is 18.9 Å². The summed E-state index contributed by atoms with van der Waals surface area (Å²) in [4.78, 5) is 29.3. The van der Waals surface area contributed by atoms with Gasteiger partial charge in [0, 0.05) is 16.6 Å². The molecule has 3 rings (SSSR count). The van der Waals surface area contributed by atoms with Crippen molar-refractivity contribution in [3.8, 4) is 0 Å². The number of nitrogens with one attached hydrogen (secondary N) is 1. The standard InChI is InChI=1S/C21H17F3N2O3S/c1-13-25-17(12-30-13)11-18(27)29-19(14-6-3-2-4-7-14)20(28)26-16-9-5-8-15(10-16)21(22,23)24/h2-10,12,19H,11H2,1H3,(H,26,28).